The number of para-hydroxylation sites is 1. The van der Waals surface area contributed by atoms with E-state index in [0.717, 1.165) is 28.2 Å². The molecule has 2 heterocycles. The Morgan fingerprint density at radius 3 is 2.48 bits per heavy atom. The van der Waals surface area contributed by atoms with Crippen LogP contribution in [0.25, 0.3) is 10.9 Å². The van der Waals surface area contributed by atoms with Gasteiger partial charge in [-0.2, -0.15) is 10.2 Å². The van der Waals surface area contributed by atoms with Crippen LogP contribution in [-0.4, -0.2) is 19.6 Å². The third-order valence-electron chi connectivity index (χ3n) is 4.18. The Morgan fingerprint density at radius 2 is 1.81 bits per heavy atom. The summed E-state index contributed by atoms with van der Waals surface area (Å²) in [5, 5.41) is 10.3. The van der Waals surface area contributed by atoms with Gasteiger partial charge in [0.25, 0.3) is 0 Å². The van der Waals surface area contributed by atoms with Crippen LogP contribution in [0.4, 0.5) is 0 Å². The molecule has 0 aliphatic rings. The first-order valence-electron chi connectivity index (χ1n) is 7.15. The van der Waals surface area contributed by atoms with Gasteiger partial charge in [0.15, 0.2) is 0 Å². The lowest BCUT2D eigenvalue weighted by molar-refractivity contribution is 0.672. The SMILES string of the molecule is Cc1nn(C)c(C)c1C(N)Cc1nn(C)c2ccccc12. The van der Waals surface area contributed by atoms with Crippen molar-refractivity contribution in [3.63, 3.8) is 0 Å². The molecule has 1 unspecified atom stereocenters. The number of benzene rings is 1. The van der Waals surface area contributed by atoms with Crippen molar-refractivity contribution in [2.45, 2.75) is 26.3 Å². The van der Waals surface area contributed by atoms with E-state index in [-0.39, 0.29) is 6.04 Å². The second-order valence-electron chi connectivity index (χ2n) is 5.61. The Kier molecular flexibility index (Phi) is 3.29. The van der Waals surface area contributed by atoms with Crippen LogP contribution in [0, 0.1) is 13.8 Å². The fourth-order valence-electron chi connectivity index (χ4n) is 3.08. The largest absolute Gasteiger partial charge is 0.324 e. The third kappa shape index (κ3) is 2.23. The fourth-order valence-corrected chi connectivity index (χ4v) is 3.08. The van der Waals surface area contributed by atoms with Gasteiger partial charge in [0.1, 0.15) is 0 Å². The number of hydrogen-bond donors (Lipinski definition) is 1. The van der Waals surface area contributed by atoms with E-state index >= 15 is 0 Å². The average molecular weight is 283 g/mol. The summed E-state index contributed by atoms with van der Waals surface area (Å²) in [5.41, 5.74) is 11.9. The van der Waals surface area contributed by atoms with Gasteiger partial charge in [-0.05, 0) is 19.9 Å². The van der Waals surface area contributed by atoms with Crippen molar-refractivity contribution >= 4 is 10.9 Å². The quantitative estimate of drug-likeness (QED) is 0.801. The second kappa shape index (κ2) is 5.00. The smallest absolute Gasteiger partial charge is 0.0722 e. The van der Waals surface area contributed by atoms with Gasteiger partial charge in [0.2, 0.25) is 0 Å². The van der Waals surface area contributed by atoms with Crippen molar-refractivity contribution in [1.29, 1.82) is 0 Å². The molecule has 0 aliphatic carbocycles. The van der Waals surface area contributed by atoms with Gasteiger partial charge < -0.3 is 5.73 Å². The van der Waals surface area contributed by atoms with Gasteiger partial charge in [-0.25, -0.2) is 0 Å². The number of rotatable bonds is 3. The van der Waals surface area contributed by atoms with E-state index < -0.39 is 0 Å². The van der Waals surface area contributed by atoms with E-state index in [2.05, 4.69) is 29.3 Å². The molecule has 2 N–H and O–H groups in total. The first-order valence-corrected chi connectivity index (χ1v) is 7.15. The minimum atomic E-state index is -0.0861. The zero-order chi connectivity index (χ0) is 15.1. The van der Waals surface area contributed by atoms with Crippen molar-refractivity contribution in [2.75, 3.05) is 0 Å². The van der Waals surface area contributed by atoms with Gasteiger partial charge in [0, 0.05) is 43.2 Å². The molecule has 0 spiro atoms. The van der Waals surface area contributed by atoms with Crippen LogP contribution in [0.3, 0.4) is 0 Å². The molecular formula is C16H21N5. The van der Waals surface area contributed by atoms with Crippen LogP contribution in [-0.2, 0) is 20.5 Å². The van der Waals surface area contributed by atoms with E-state index in [1.165, 1.54) is 5.39 Å². The maximum Gasteiger partial charge on any atom is 0.0722 e. The Morgan fingerprint density at radius 1 is 1.10 bits per heavy atom. The minimum absolute atomic E-state index is 0.0861. The molecule has 110 valence electrons. The van der Waals surface area contributed by atoms with Crippen LogP contribution in [0.15, 0.2) is 24.3 Å². The summed E-state index contributed by atoms with van der Waals surface area (Å²) >= 11 is 0. The summed E-state index contributed by atoms with van der Waals surface area (Å²) in [7, 11) is 3.92. The molecule has 0 amide bonds. The van der Waals surface area contributed by atoms with Crippen molar-refractivity contribution < 1.29 is 0 Å². The van der Waals surface area contributed by atoms with Gasteiger partial charge >= 0.3 is 0 Å². The molecule has 5 heteroatoms. The lowest BCUT2D eigenvalue weighted by Crippen LogP contribution is -2.16. The second-order valence-corrected chi connectivity index (χ2v) is 5.61. The van der Waals surface area contributed by atoms with E-state index in [1.54, 1.807) is 0 Å². The van der Waals surface area contributed by atoms with Gasteiger partial charge in [0.05, 0.1) is 16.9 Å². The summed E-state index contributed by atoms with van der Waals surface area (Å²) in [6.45, 7) is 4.07. The fraction of sp³-hybridized carbons (Fsp3) is 0.375. The number of fused-ring (bicyclic) bond motifs is 1. The molecule has 1 aromatic carbocycles. The highest BCUT2D eigenvalue weighted by atomic mass is 15.3. The molecule has 0 fully saturated rings. The predicted molar refractivity (Wildman–Crippen MR) is 84.0 cm³/mol. The Bertz CT molecular complexity index is 796. The van der Waals surface area contributed by atoms with E-state index in [9.17, 15) is 0 Å². The molecule has 0 aliphatic heterocycles. The summed E-state index contributed by atoms with van der Waals surface area (Å²) < 4.78 is 3.81. The molecule has 21 heavy (non-hydrogen) atoms. The Hall–Kier alpha value is -2.14. The van der Waals surface area contributed by atoms with Crippen LogP contribution >= 0.6 is 0 Å². The molecule has 3 aromatic rings. The Labute approximate surface area is 124 Å². The number of aryl methyl sites for hydroxylation is 3. The lowest BCUT2D eigenvalue weighted by atomic mass is 9.99. The molecule has 3 rings (SSSR count). The standard InChI is InChI=1S/C16H21N5/c1-10-16(11(2)20(3)18-10)13(17)9-14-12-7-5-6-8-15(12)21(4)19-14/h5-8,13H,9,17H2,1-4H3. The van der Waals surface area contributed by atoms with Crippen molar-refractivity contribution in [2.24, 2.45) is 19.8 Å². The normalized spacial score (nSPS) is 13.0. The number of hydrogen-bond acceptors (Lipinski definition) is 3. The van der Waals surface area contributed by atoms with Crippen LogP contribution in [0.1, 0.15) is 28.7 Å². The van der Waals surface area contributed by atoms with Crippen molar-refractivity contribution in [3.8, 4) is 0 Å². The molecule has 2 aromatic heterocycles. The van der Waals surface area contributed by atoms with Crippen LogP contribution < -0.4 is 5.73 Å². The molecular weight excluding hydrogens is 262 g/mol. The van der Waals surface area contributed by atoms with Crippen molar-refractivity contribution in [1.82, 2.24) is 19.6 Å². The maximum atomic E-state index is 6.44. The average Bonchev–Trinajstić information content (AvgIpc) is 2.89. The maximum absolute atomic E-state index is 6.44. The summed E-state index contributed by atoms with van der Waals surface area (Å²) in [6.07, 6.45) is 0.717. The zero-order valence-corrected chi connectivity index (χ0v) is 13.0. The number of nitrogens with zero attached hydrogens (tertiary/aromatic N) is 4. The molecule has 1 atom stereocenters. The minimum Gasteiger partial charge on any atom is -0.324 e. The molecule has 0 saturated heterocycles. The highest BCUT2D eigenvalue weighted by Crippen LogP contribution is 2.25. The van der Waals surface area contributed by atoms with Crippen LogP contribution in [0.5, 0.6) is 0 Å². The number of aromatic nitrogens is 4. The van der Waals surface area contributed by atoms with Gasteiger partial charge in [-0.15, -0.1) is 0 Å². The molecule has 0 bridgehead atoms. The topological polar surface area (TPSA) is 61.7 Å². The summed E-state index contributed by atoms with van der Waals surface area (Å²) in [5.74, 6) is 0. The summed E-state index contributed by atoms with van der Waals surface area (Å²) in [6, 6.07) is 8.17. The third-order valence-corrected chi connectivity index (χ3v) is 4.18. The molecule has 0 saturated carbocycles. The first-order chi connectivity index (χ1) is 9.99. The van der Waals surface area contributed by atoms with E-state index in [4.69, 9.17) is 5.73 Å². The monoisotopic (exact) mass is 283 g/mol. The molecule has 5 nitrogen and oxygen atoms in total. The lowest BCUT2D eigenvalue weighted by Gasteiger charge is -2.11. The van der Waals surface area contributed by atoms with E-state index in [0.29, 0.717) is 6.42 Å². The predicted octanol–water partition coefficient (Wildman–Crippen LogP) is 2.17. The number of nitrogens with two attached hydrogens (primary N) is 1. The van der Waals surface area contributed by atoms with Crippen LogP contribution in [0.2, 0.25) is 0 Å². The Balaban J connectivity index is 1.98. The van der Waals surface area contributed by atoms with E-state index in [1.807, 2.05) is 42.5 Å². The first kappa shape index (κ1) is 13.8. The summed E-state index contributed by atoms with van der Waals surface area (Å²) in [4.78, 5) is 0. The highest BCUT2D eigenvalue weighted by Gasteiger charge is 2.19. The van der Waals surface area contributed by atoms with Crippen molar-refractivity contribution in [3.05, 3.63) is 46.9 Å². The van der Waals surface area contributed by atoms with Gasteiger partial charge in [-0.3, -0.25) is 9.36 Å². The highest BCUT2D eigenvalue weighted by molar-refractivity contribution is 5.81. The zero-order valence-electron chi connectivity index (χ0n) is 13.0. The van der Waals surface area contributed by atoms with Gasteiger partial charge in [-0.1, -0.05) is 18.2 Å². The molecule has 0 radical (unpaired) electrons.